The fourth-order valence-corrected chi connectivity index (χ4v) is 1.28. The van der Waals surface area contributed by atoms with Crippen molar-refractivity contribution in [1.29, 1.82) is 0 Å². The van der Waals surface area contributed by atoms with Crippen LogP contribution in [0.15, 0.2) is 18.3 Å². The Labute approximate surface area is 89.3 Å². The minimum absolute atomic E-state index is 0.131. The van der Waals surface area contributed by atoms with Crippen LogP contribution in [0.25, 0.3) is 0 Å². The summed E-state index contributed by atoms with van der Waals surface area (Å²) >= 11 is 5.92. The van der Waals surface area contributed by atoms with E-state index >= 15 is 0 Å². The molecule has 0 radical (unpaired) electrons. The fraction of sp³-hybridized carbons (Fsp3) is 0.500. The maximum atomic E-state index is 8.96. The number of hydrogen-bond donors (Lipinski definition) is 1. The molecule has 0 bridgehead atoms. The number of likely N-dealkylation sites (N-methyl/N-ethyl adjacent to an activating group) is 1. The van der Waals surface area contributed by atoms with Crippen LogP contribution < -0.4 is 0 Å². The van der Waals surface area contributed by atoms with Gasteiger partial charge in [0.25, 0.3) is 0 Å². The van der Waals surface area contributed by atoms with E-state index < -0.39 is 0 Å². The van der Waals surface area contributed by atoms with E-state index in [4.69, 9.17) is 16.7 Å². The van der Waals surface area contributed by atoms with Crippen molar-refractivity contribution in [1.82, 2.24) is 9.88 Å². The number of halogens is 1. The molecule has 1 rings (SSSR count). The molecule has 1 aromatic heterocycles. The summed E-state index contributed by atoms with van der Waals surface area (Å²) in [7, 11) is 1.95. The first-order chi connectivity index (χ1) is 6.65. The number of rotatable bonds is 4. The molecule has 1 unspecified atom stereocenters. The van der Waals surface area contributed by atoms with Crippen LogP contribution in [0.4, 0.5) is 0 Å². The predicted molar refractivity (Wildman–Crippen MR) is 57.3 cm³/mol. The van der Waals surface area contributed by atoms with Crippen molar-refractivity contribution in [3.05, 3.63) is 29.0 Å². The van der Waals surface area contributed by atoms with Crippen LogP contribution in [0.2, 0.25) is 5.15 Å². The molecule has 0 aromatic carbocycles. The lowest BCUT2D eigenvalue weighted by Gasteiger charge is -2.22. The largest absolute Gasteiger partial charge is 0.395 e. The first-order valence-electron chi connectivity index (χ1n) is 4.55. The van der Waals surface area contributed by atoms with Gasteiger partial charge in [0.2, 0.25) is 0 Å². The molecule has 0 aliphatic rings. The molecule has 78 valence electrons. The first-order valence-corrected chi connectivity index (χ1v) is 4.93. The van der Waals surface area contributed by atoms with Gasteiger partial charge in [0.1, 0.15) is 5.15 Å². The van der Waals surface area contributed by atoms with Crippen LogP contribution >= 0.6 is 11.6 Å². The Morgan fingerprint density at radius 2 is 2.36 bits per heavy atom. The molecule has 4 heteroatoms. The third-order valence-corrected chi connectivity index (χ3v) is 2.61. The summed E-state index contributed by atoms with van der Waals surface area (Å²) in [5.74, 6) is 0. The van der Waals surface area contributed by atoms with Crippen molar-refractivity contribution in [2.24, 2.45) is 0 Å². The van der Waals surface area contributed by atoms with Gasteiger partial charge in [-0.15, -0.1) is 0 Å². The van der Waals surface area contributed by atoms with E-state index in [-0.39, 0.29) is 12.6 Å². The van der Waals surface area contributed by atoms with Gasteiger partial charge in [0.15, 0.2) is 0 Å². The number of aliphatic hydroxyl groups is 1. The molecule has 1 aromatic rings. The third kappa shape index (κ3) is 2.94. The molecule has 0 amide bonds. The summed E-state index contributed by atoms with van der Waals surface area (Å²) in [5, 5.41) is 9.49. The van der Waals surface area contributed by atoms with Gasteiger partial charge in [0, 0.05) is 24.3 Å². The molecule has 0 saturated heterocycles. The smallest absolute Gasteiger partial charge is 0.133 e. The van der Waals surface area contributed by atoms with E-state index in [1.54, 1.807) is 6.20 Å². The van der Waals surface area contributed by atoms with Crippen molar-refractivity contribution in [3.8, 4) is 0 Å². The second kappa shape index (κ2) is 5.29. The Hall–Kier alpha value is -0.640. The molecule has 0 saturated carbocycles. The molecule has 1 N–H and O–H groups in total. The van der Waals surface area contributed by atoms with Gasteiger partial charge in [-0.3, -0.25) is 4.90 Å². The Balaban J connectivity index is 2.64. The van der Waals surface area contributed by atoms with Gasteiger partial charge < -0.3 is 5.11 Å². The number of aromatic nitrogens is 1. The number of hydrogen-bond acceptors (Lipinski definition) is 3. The van der Waals surface area contributed by atoms with Gasteiger partial charge >= 0.3 is 0 Å². The average molecular weight is 215 g/mol. The SMILES string of the molecule is CC(CO)N(C)Cc1cccnc1Cl. The molecule has 0 aliphatic heterocycles. The Bertz CT molecular complexity index is 293. The summed E-state index contributed by atoms with van der Waals surface area (Å²) in [6.07, 6.45) is 1.67. The minimum atomic E-state index is 0.131. The van der Waals surface area contributed by atoms with Crippen LogP contribution in [0, 0.1) is 0 Å². The zero-order valence-corrected chi connectivity index (χ0v) is 9.20. The maximum absolute atomic E-state index is 8.96. The summed E-state index contributed by atoms with van der Waals surface area (Å²) in [6, 6.07) is 3.93. The second-order valence-electron chi connectivity index (χ2n) is 3.40. The van der Waals surface area contributed by atoms with Crippen molar-refractivity contribution >= 4 is 11.6 Å². The highest BCUT2D eigenvalue weighted by molar-refractivity contribution is 6.30. The lowest BCUT2D eigenvalue weighted by atomic mass is 10.2. The molecule has 3 nitrogen and oxygen atoms in total. The Kier molecular flexibility index (Phi) is 4.32. The van der Waals surface area contributed by atoms with Crippen LogP contribution in [-0.2, 0) is 6.54 Å². The third-order valence-electron chi connectivity index (χ3n) is 2.27. The molecule has 1 heterocycles. The molecule has 0 aliphatic carbocycles. The topological polar surface area (TPSA) is 36.4 Å². The zero-order valence-electron chi connectivity index (χ0n) is 8.44. The molecule has 14 heavy (non-hydrogen) atoms. The van der Waals surface area contributed by atoms with E-state index in [0.29, 0.717) is 11.7 Å². The van der Waals surface area contributed by atoms with Crippen molar-refractivity contribution < 1.29 is 5.11 Å². The van der Waals surface area contributed by atoms with E-state index in [0.717, 1.165) is 5.56 Å². The number of pyridine rings is 1. The van der Waals surface area contributed by atoms with Crippen LogP contribution in [0.1, 0.15) is 12.5 Å². The summed E-state index contributed by atoms with van der Waals surface area (Å²) in [4.78, 5) is 6.02. The van der Waals surface area contributed by atoms with Crippen LogP contribution in [-0.4, -0.2) is 34.7 Å². The lowest BCUT2D eigenvalue weighted by molar-refractivity contribution is 0.154. The first kappa shape index (κ1) is 11.4. The number of aliphatic hydroxyl groups excluding tert-OH is 1. The quantitative estimate of drug-likeness (QED) is 0.773. The van der Waals surface area contributed by atoms with Crippen LogP contribution in [0.5, 0.6) is 0 Å². The highest BCUT2D eigenvalue weighted by atomic mass is 35.5. The molecule has 0 spiro atoms. The summed E-state index contributed by atoms with van der Waals surface area (Å²) in [5.41, 5.74) is 0.983. The summed E-state index contributed by atoms with van der Waals surface area (Å²) < 4.78 is 0. The van der Waals surface area contributed by atoms with Crippen LogP contribution in [0.3, 0.4) is 0 Å². The maximum Gasteiger partial charge on any atom is 0.133 e. The van der Waals surface area contributed by atoms with Gasteiger partial charge in [-0.25, -0.2) is 4.98 Å². The zero-order chi connectivity index (χ0) is 10.6. The average Bonchev–Trinajstić information content (AvgIpc) is 2.20. The molecular weight excluding hydrogens is 200 g/mol. The van der Waals surface area contributed by atoms with Crippen molar-refractivity contribution in [2.45, 2.75) is 19.5 Å². The lowest BCUT2D eigenvalue weighted by Crippen LogP contribution is -2.31. The van der Waals surface area contributed by atoms with Gasteiger partial charge in [-0.05, 0) is 20.0 Å². The molecule has 0 fully saturated rings. The number of nitrogens with zero attached hydrogens (tertiary/aromatic N) is 2. The highest BCUT2D eigenvalue weighted by Crippen LogP contribution is 2.14. The monoisotopic (exact) mass is 214 g/mol. The minimum Gasteiger partial charge on any atom is -0.395 e. The highest BCUT2D eigenvalue weighted by Gasteiger charge is 2.09. The molecule has 1 atom stereocenters. The van der Waals surface area contributed by atoms with E-state index in [9.17, 15) is 0 Å². The van der Waals surface area contributed by atoms with E-state index in [1.807, 2.05) is 31.0 Å². The Morgan fingerprint density at radius 3 is 2.93 bits per heavy atom. The van der Waals surface area contributed by atoms with E-state index in [2.05, 4.69) is 4.98 Å². The summed E-state index contributed by atoms with van der Waals surface area (Å²) in [6.45, 7) is 2.81. The predicted octanol–water partition coefficient (Wildman–Crippen LogP) is 1.55. The van der Waals surface area contributed by atoms with Gasteiger partial charge in [-0.2, -0.15) is 0 Å². The Morgan fingerprint density at radius 1 is 1.64 bits per heavy atom. The fourth-order valence-electron chi connectivity index (χ4n) is 1.10. The standard InChI is InChI=1S/C10H15ClN2O/c1-8(7-14)13(2)6-9-4-3-5-12-10(9)11/h3-5,8,14H,6-7H2,1-2H3. The normalized spacial score (nSPS) is 13.2. The second-order valence-corrected chi connectivity index (χ2v) is 3.76. The van der Waals surface area contributed by atoms with Gasteiger partial charge in [-0.1, -0.05) is 17.7 Å². The van der Waals surface area contributed by atoms with Crippen molar-refractivity contribution in [2.75, 3.05) is 13.7 Å². The van der Waals surface area contributed by atoms with Gasteiger partial charge in [0.05, 0.1) is 6.61 Å². The molecular formula is C10H15ClN2O. The van der Waals surface area contributed by atoms with Crippen molar-refractivity contribution in [3.63, 3.8) is 0 Å². The van der Waals surface area contributed by atoms with E-state index in [1.165, 1.54) is 0 Å².